The molecule has 0 radical (unpaired) electrons. The second kappa shape index (κ2) is 8.13. The molecule has 1 aliphatic heterocycles. The molecule has 0 spiro atoms. The average molecular weight is 256 g/mol. The third-order valence-corrected chi connectivity index (χ3v) is 3.77. The van der Waals surface area contributed by atoms with Gasteiger partial charge in [-0.25, -0.2) is 0 Å². The van der Waals surface area contributed by atoms with Crippen molar-refractivity contribution in [1.29, 1.82) is 0 Å². The Hall–Kier alpha value is -0.120. The number of rotatable bonds is 7. The topological polar surface area (TPSA) is 24.5 Å². The van der Waals surface area contributed by atoms with E-state index in [4.69, 9.17) is 4.74 Å². The Kier molecular flexibility index (Phi) is 7.20. The van der Waals surface area contributed by atoms with Crippen LogP contribution >= 0.6 is 0 Å². The summed E-state index contributed by atoms with van der Waals surface area (Å²) in [7, 11) is 0. The maximum absolute atomic E-state index is 5.66. The number of ether oxygens (including phenoxy) is 1. The smallest absolute Gasteiger partial charge is 0.0624 e. The van der Waals surface area contributed by atoms with Gasteiger partial charge in [-0.1, -0.05) is 27.7 Å². The van der Waals surface area contributed by atoms with Gasteiger partial charge in [0.15, 0.2) is 0 Å². The van der Waals surface area contributed by atoms with Crippen LogP contribution < -0.4 is 5.32 Å². The fourth-order valence-electron chi connectivity index (χ4n) is 2.84. The number of hydrogen-bond acceptors (Lipinski definition) is 3. The Labute approximate surface area is 113 Å². The van der Waals surface area contributed by atoms with Gasteiger partial charge in [0.1, 0.15) is 0 Å². The molecule has 0 aromatic rings. The molecule has 1 aliphatic rings. The normalized spacial score (nSPS) is 23.8. The Balaban J connectivity index is 2.50. The van der Waals surface area contributed by atoms with Crippen LogP contribution in [0.15, 0.2) is 0 Å². The van der Waals surface area contributed by atoms with Crippen molar-refractivity contribution < 1.29 is 4.74 Å². The average Bonchev–Trinajstić information content (AvgIpc) is 2.28. The summed E-state index contributed by atoms with van der Waals surface area (Å²) in [6.07, 6.45) is 1.27. The molecule has 1 saturated heterocycles. The van der Waals surface area contributed by atoms with E-state index in [1.807, 2.05) is 0 Å². The zero-order valence-electron chi connectivity index (χ0n) is 12.9. The van der Waals surface area contributed by atoms with Gasteiger partial charge in [0.2, 0.25) is 0 Å². The molecule has 1 N–H and O–H groups in total. The van der Waals surface area contributed by atoms with Crippen molar-refractivity contribution in [1.82, 2.24) is 10.2 Å². The van der Waals surface area contributed by atoms with Gasteiger partial charge in [0, 0.05) is 38.3 Å². The van der Waals surface area contributed by atoms with Gasteiger partial charge in [-0.05, 0) is 25.2 Å². The predicted molar refractivity (Wildman–Crippen MR) is 77.9 cm³/mol. The molecule has 1 rings (SSSR count). The summed E-state index contributed by atoms with van der Waals surface area (Å²) in [5, 5.41) is 3.65. The molecule has 0 aliphatic carbocycles. The minimum atomic E-state index is 0.571. The first-order valence-electron chi connectivity index (χ1n) is 7.59. The molecule has 0 aromatic heterocycles. The minimum absolute atomic E-state index is 0.571. The van der Waals surface area contributed by atoms with Crippen LogP contribution in [0.2, 0.25) is 0 Å². The SMILES string of the molecule is CCOCC(C(C)C)N1CCNC(CC(C)C)C1. The molecule has 18 heavy (non-hydrogen) atoms. The van der Waals surface area contributed by atoms with E-state index in [1.165, 1.54) is 13.0 Å². The summed E-state index contributed by atoms with van der Waals surface area (Å²) in [4.78, 5) is 2.63. The standard InChI is InChI=1S/C15H32N2O/c1-6-18-11-15(13(4)5)17-8-7-16-14(10-17)9-12(2)3/h12-16H,6-11H2,1-5H3. The van der Waals surface area contributed by atoms with Crippen LogP contribution in [-0.2, 0) is 4.74 Å². The van der Waals surface area contributed by atoms with Gasteiger partial charge < -0.3 is 10.1 Å². The monoisotopic (exact) mass is 256 g/mol. The Morgan fingerprint density at radius 1 is 1.28 bits per heavy atom. The molecule has 0 saturated carbocycles. The van der Waals surface area contributed by atoms with E-state index in [-0.39, 0.29) is 0 Å². The van der Waals surface area contributed by atoms with Crippen molar-refractivity contribution >= 4 is 0 Å². The highest BCUT2D eigenvalue weighted by Crippen LogP contribution is 2.16. The lowest BCUT2D eigenvalue weighted by Crippen LogP contribution is -2.56. The van der Waals surface area contributed by atoms with Gasteiger partial charge in [0.25, 0.3) is 0 Å². The van der Waals surface area contributed by atoms with Gasteiger partial charge in [-0.2, -0.15) is 0 Å². The van der Waals surface area contributed by atoms with Gasteiger partial charge in [-0.15, -0.1) is 0 Å². The number of hydrogen-bond donors (Lipinski definition) is 1. The van der Waals surface area contributed by atoms with Gasteiger partial charge in [-0.3, -0.25) is 4.90 Å². The van der Waals surface area contributed by atoms with E-state index < -0.39 is 0 Å². The lowest BCUT2D eigenvalue weighted by atomic mass is 9.98. The van der Waals surface area contributed by atoms with E-state index in [2.05, 4.69) is 44.8 Å². The number of nitrogens with zero attached hydrogens (tertiary/aromatic N) is 1. The minimum Gasteiger partial charge on any atom is -0.380 e. The fraction of sp³-hybridized carbons (Fsp3) is 1.00. The molecule has 3 heteroatoms. The zero-order valence-corrected chi connectivity index (χ0v) is 12.9. The first kappa shape index (κ1) is 15.9. The maximum atomic E-state index is 5.66. The van der Waals surface area contributed by atoms with E-state index in [0.29, 0.717) is 18.0 Å². The van der Waals surface area contributed by atoms with Crippen molar-refractivity contribution in [2.24, 2.45) is 11.8 Å². The van der Waals surface area contributed by atoms with Crippen LogP contribution in [0, 0.1) is 11.8 Å². The maximum Gasteiger partial charge on any atom is 0.0624 e. The van der Waals surface area contributed by atoms with E-state index >= 15 is 0 Å². The largest absolute Gasteiger partial charge is 0.380 e. The highest BCUT2D eigenvalue weighted by molar-refractivity contribution is 4.85. The molecular weight excluding hydrogens is 224 g/mol. The molecule has 0 bridgehead atoms. The van der Waals surface area contributed by atoms with Crippen molar-refractivity contribution in [2.45, 2.75) is 53.1 Å². The molecule has 2 atom stereocenters. The quantitative estimate of drug-likeness (QED) is 0.757. The van der Waals surface area contributed by atoms with Crippen LogP contribution in [0.4, 0.5) is 0 Å². The summed E-state index contributed by atoms with van der Waals surface area (Å²) in [5.74, 6) is 1.43. The van der Waals surface area contributed by atoms with Crippen LogP contribution in [0.25, 0.3) is 0 Å². The van der Waals surface area contributed by atoms with Crippen LogP contribution in [0.3, 0.4) is 0 Å². The van der Waals surface area contributed by atoms with Gasteiger partial charge >= 0.3 is 0 Å². The highest BCUT2D eigenvalue weighted by atomic mass is 16.5. The zero-order chi connectivity index (χ0) is 13.5. The first-order chi connectivity index (χ1) is 8.54. The molecule has 1 heterocycles. The molecule has 0 aromatic carbocycles. The van der Waals surface area contributed by atoms with Crippen molar-refractivity contribution in [3.8, 4) is 0 Å². The highest BCUT2D eigenvalue weighted by Gasteiger charge is 2.27. The molecular formula is C15H32N2O. The molecule has 2 unspecified atom stereocenters. The Morgan fingerprint density at radius 2 is 2.00 bits per heavy atom. The molecule has 3 nitrogen and oxygen atoms in total. The van der Waals surface area contributed by atoms with Crippen LogP contribution in [0.5, 0.6) is 0 Å². The Morgan fingerprint density at radius 3 is 2.56 bits per heavy atom. The van der Waals surface area contributed by atoms with Crippen LogP contribution in [-0.4, -0.2) is 49.8 Å². The summed E-state index contributed by atoms with van der Waals surface area (Å²) in [6.45, 7) is 16.5. The second-order valence-corrected chi connectivity index (χ2v) is 6.25. The summed E-state index contributed by atoms with van der Waals surface area (Å²) < 4.78 is 5.66. The van der Waals surface area contributed by atoms with Gasteiger partial charge in [0.05, 0.1) is 6.61 Å². The number of nitrogens with one attached hydrogen (secondary N) is 1. The van der Waals surface area contributed by atoms with Crippen molar-refractivity contribution in [3.63, 3.8) is 0 Å². The van der Waals surface area contributed by atoms with Crippen LogP contribution in [0.1, 0.15) is 41.0 Å². The summed E-state index contributed by atoms with van der Waals surface area (Å²) in [5.41, 5.74) is 0. The predicted octanol–water partition coefficient (Wildman–Crippen LogP) is 2.37. The van der Waals surface area contributed by atoms with E-state index in [1.54, 1.807) is 0 Å². The fourth-order valence-corrected chi connectivity index (χ4v) is 2.84. The molecule has 0 amide bonds. The summed E-state index contributed by atoms with van der Waals surface area (Å²) >= 11 is 0. The third kappa shape index (κ3) is 5.25. The molecule has 108 valence electrons. The second-order valence-electron chi connectivity index (χ2n) is 6.25. The molecule has 1 fully saturated rings. The van der Waals surface area contributed by atoms with Crippen molar-refractivity contribution in [2.75, 3.05) is 32.8 Å². The third-order valence-electron chi connectivity index (χ3n) is 3.77. The van der Waals surface area contributed by atoms with Crippen molar-refractivity contribution in [3.05, 3.63) is 0 Å². The number of piperazine rings is 1. The Bertz CT molecular complexity index is 219. The summed E-state index contributed by atoms with van der Waals surface area (Å²) in [6, 6.07) is 1.23. The lowest BCUT2D eigenvalue weighted by Gasteiger charge is -2.41. The van der Waals surface area contributed by atoms with E-state index in [9.17, 15) is 0 Å². The first-order valence-corrected chi connectivity index (χ1v) is 7.59. The van der Waals surface area contributed by atoms with E-state index in [0.717, 1.165) is 32.2 Å². The lowest BCUT2D eigenvalue weighted by molar-refractivity contribution is 0.0279.